The number of nitriles is 1. The highest BCUT2D eigenvalue weighted by Gasteiger charge is 2.26. The molecular formula is C28H36N4O2. The third-order valence-corrected chi connectivity index (χ3v) is 7.13. The molecule has 4 rings (SSSR count). The summed E-state index contributed by atoms with van der Waals surface area (Å²) < 4.78 is 1.50. The number of hydrogen-bond donors (Lipinski definition) is 2. The second-order valence-electron chi connectivity index (χ2n) is 10.8. The van der Waals surface area contributed by atoms with E-state index in [-0.39, 0.29) is 17.0 Å². The van der Waals surface area contributed by atoms with Crippen molar-refractivity contribution in [2.45, 2.75) is 64.9 Å². The van der Waals surface area contributed by atoms with Crippen molar-refractivity contribution in [3.05, 3.63) is 57.0 Å². The Kier molecular flexibility index (Phi) is 6.46. The summed E-state index contributed by atoms with van der Waals surface area (Å²) in [4.78, 5) is 18.4. The average Bonchev–Trinajstić information content (AvgIpc) is 3.15. The van der Waals surface area contributed by atoms with Crippen LogP contribution in [0, 0.1) is 18.3 Å². The molecule has 0 atom stereocenters. The van der Waals surface area contributed by atoms with E-state index in [2.05, 4.69) is 48.0 Å². The van der Waals surface area contributed by atoms with Gasteiger partial charge in [-0.15, -0.1) is 0 Å². The molecule has 0 unspecified atom stereocenters. The molecule has 34 heavy (non-hydrogen) atoms. The fourth-order valence-electron chi connectivity index (χ4n) is 5.47. The van der Waals surface area contributed by atoms with Gasteiger partial charge in [0.1, 0.15) is 11.6 Å². The first-order chi connectivity index (χ1) is 16.0. The van der Waals surface area contributed by atoms with E-state index in [0.717, 1.165) is 48.3 Å². The average molecular weight is 461 g/mol. The minimum Gasteiger partial charge on any atom is -0.389 e. The summed E-state index contributed by atoms with van der Waals surface area (Å²) in [6.45, 7) is 12.7. The maximum atomic E-state index is 12.4. The third-order valence-electron chi connectivity index (χ3n) is 7.13. The van der Waals surface area contributed by atoms with E-state index in [9.17, 15) is 15.2 Å². The largest absolute Gasteiger partial charge is 0.389 e. The Morgan fingerprint density at radius 2 is 1.94 bits per heavy atom. The van der Waals surface area contributed by atoms with Crippen molar-refractivity contribution in [2.24, 2.45) is 7.05 Å². The number of nitrogens with one attached hydrogen (secondary N) is 1. The lowest BCUT2D eigenvalue weighted by Crippen LogP contribution is -2.42. The number of aryl methyl sites for hydroxylation is 1. The number of pyridine rings is 1. The fourth-order valence-corrected chi connectivity index (χ4v) is 5.47. The van der Waals surface area contributed by atoms with E-state index >= 15 is 0 Å². The van der Waals surface area contributed by atoms with Crippen molar-refractivity contribution in [1.82, 2.24) is 14.5 Å². The Morgan fingerprint density at radius 1 is 1.26 bits per heavy atom. The lowest BCUT2D eigenvalue weighted by atomic mass is 9.87. The number of aromatic nitrogens is 2. The molecule has 3 aromatic rings. The zero-order chi connectivity index (χ0) is 24.8. The Balaban J connectivity index is 1.74. The molecular weight excluding hydrogens is 424 g/mol. The van der Waals surface area contributed by atoms with Crippen molar-refractivity contribution in [1.29, 1.82) is 5.26 Å². The molecule has 1 aliphatic heterocycles. The lowest BCUT2D eigenvalue weighted by molar-refractivity contribution is 0.0282. The summed E-state index contributed by atoms with van der Waals surface area (Å²) in [6, 6.07) is 8.84. The number of rotatable bonds is 5. The van der Waals surface area contributed by atoms with E-state index in [4.69, 9.17) is 0 Å². The van der Waals surface area contributed by atoms with Crippen molar-refractivity contribution >= 4 is 10.9 Å². The predicted molar refractivity (Wildman–Crippen MR) is 137 cm³/mol. The van der Waals surface area contributed by atoms with Gasteiger partial charge >= 0.3 is 0 Å². The van der Waals surface area contributed by atoms with E-state index in [1.54, 1.807) is 7.05 Å². The second kappa shape index (κ2) is 9.05. The first kappa shape index (κ1) is 24.3. The number of β-amino-alcohol motifs (C(OH)–C–C–N with tert-alkyl or cyclic N) is 1. The Bertz CT molecular complexity index is 1310. The molecule has 1 aromatic carbocycles. The van der Waals surface area contributed by atoms with Gasteiger partial charge in [0.2, 0.25) is 0 Å². The van der Waals surface area contributed by atoms with Crippen LogP contribution in [0.4, 0.5) is 0 Å². The van der Waals surface area contributed by atoms with Crippen LogP contribution in [0.1, 0.15) is 74.6 Å². The van der Waals surface area contributed by atoms with Crippen LogP contribution in [0.3, 0.4) is 0 Å². The first-order valence-electron chi connectivity index (χ1n) is 12.2. The number of aromatic amines is 1. The topological polar surface area (TPSA) is 85.1 Å². The Labute approximate surface area is 201 Å². The quantitative estimate of drug-likeness (QED) is 0.573. The molecule has 0 amide bonds. The van der Waals surface area contributed by atoms with Gasteiger partial charge in [0, 0.05) is 36.3 Å². The standard InChI is InChI=1S/C28H36N4O2/c1-17(2)25-21-13-20(19-9-11-32(12-10-19)16-28(4,5)34)7-8-24(21)30-26(25)23-15-31(6)27(33)22(14-29)18(23)3/h7-8,13,15,17,19,30,34H,9-12,16H2,1-6H3. The van der Waals surface area contributed by atoms with Gasteiger partial charge in [-0.2, -0.15) is 5.26 Å². The van der Waals surface area contributed by atoms with E-state index in [1.165, 1.54) is 21.1 Å². The summed E-state index contributed by atoms with van der Waals surface area (Å²) in [5.74, 6) is 0.778. The molecule has 0 aliphatic carbocycles. The number of H-pyrrole nitrogens is 1. The molecule has 1 saturated heterocycles. The molecule has 0 bridgehead atoms. The number of piperidine rings is 1. The van der Waals surface area contributed by atoms with Crippen LogP contribution in [0.2, 0.25) is 0 Å². The van der Waals surface area contributed by atoms with Gasteiger partial charge in [-0.05, 0) is 87.4 Å². The van der Waals surface area contributed by atoms with Gasteiger partial charge in [0.15, 0.2) is 0 Å². The number of nitrogens with zero attached hydrogens (tertiary/aromatic N) is 3. The normalized spacial score (nSPS) is 15.9. The molecule has 6 nitrogen and oxygen atoms in total. The van der Waals surface area contributed by atoms with E-state index < -0.39 is 5.60 Å². The van der Waals surface area contributed by atoms with Crippen molar-refractivity contribution in [3.63, 3.8) is 0 Å². The highest BCUT2D eigenvalue weighted by Crippen LogP contribution is 2.39. The number of fused-ring (bicyclic) bond motifs is 1. The van der Waals surface area contributed by atoms with Gasteiger partial charge in [-0.25, -0.2) is 0 Å². The summed E-state index contributed by atoms with van der Waals surface area (Å²) in [5, 5.41) is 21.0. The number of likely N-dealkylation sites (tertiary alicyclic amines) is 1. The monoisotopic (exact) mass is 460 g/mol. The summed E-state index contributed by atoms with van der Waals surface area (Å²) >= 11 is 0. The van der Waals surface area contributed by atoms with Crippen LogP contribution >= 0.6 is 0 Å². The summed E-state index contributed by atoms with van der Waals surface area (Å²) in [5.41, 5.74) is 5.55. The van der Waals surface area contributed by atoms with Crippen LogP contribution in [0.5, 0.6) is 0 Å². The van der Waals surface area contributed by atoms with Gasteiger partial charge < -0.3 is 19.6 Å². The van der Waals surface area contributed by atoms with Gasteiger partial charge in [0.05, 0.1) is 11.3 Å². The number of benzene rings is 1. The van der Waals surface area contributed by atoms with Crippen LogP contribution in [-0.2, 0) is 7.05 Å². The van der Waals surface area contributed by atoms with Crippen molar-refractivity contribution in [3.8, 4) is 17.3 Å². The maximum absolute atomic E-state index is 12.4. The van der Waals surface area contributed by atoms with E-state index in [0.29, 0.717) is 12.5 Å². The summed E-state index contributed by atoms with van der Waals surface area (Å²) in [6.07, 6.45) is 4.01. The minimum atomic E-state index is -0.663. The van der Waals surface area contributed by atoms with Gasteiger partial charge in [-0.1, -0.05) is 19.9 Å². The molecule has 180 valence electrons. The van der Waals surface area contributed by atoms with Crippen LogP contribution < -0.4 is 5.56 Å². The van der Waals surface area contributed by atoms with Crippen LogP contribution in [0.15, 0.2) is 29.2 Å². The Hall–Kier alpha value is -2.88. The molecule has 6 heteroatoms. The second-order valence-corrected chi connectivity index (χ2v) is 10.8. The van der Waals surface area contributed by atoms with Crippen molar-refractivity contribution in [2.75, 3.05) is 19.6 Å². The maximum Gasteiger partial charge on any atom is 0.268 e. The molecule has 1 aliphatic rings. The summed E-state index contributed by atoms with van der Waals surface area (Å²) in [7, 11) is 1.70. The van der Waals surface area contributed by atoms with Gasteiger partial charge in [0.25, 0.3) is 5.56 Å². The smallest absolute Gasteiger partial charge is 0.268 e. The minimum absolute atomic E-state index is 0.201. The Morgan fingerprint density at radius 3 is 2.53 bits per heavy atom. The third kappa shape index (κ3) is 4.55. The van der Waals surface area contributed by atoms with Crippen molar-refractivity contribution < 1.29 is 5.11 Å². The zero-order valence-corrected chi connectivity index (χ0v) is 21.2. The zero-order valence-electron chi connectivity index (χ0n) is 21.2. The fraction of sp³-hybridized carbons (Fsp3) is 0.500. The highest BCUT2D eigenvalue weighted by atomic mass is 16.3. The highest BCUT2D eigenvalue weighted by molar-refractivity contribution is 5.92. The van der Waals surface area contributed by atoms with Crippen LogP contribution in [0.25, 0.3) is 22.2 Å². The SMILES string of the molecule is Cc1c(-c2[nH]c3ccc(C4CCN(CC(C)(C)O)CC4)cc3c2C(C)C)cn(C)c(=O)c1C#N. The molecule has 0 spiro atoms. The first-order valence-corrected chi connectivity index (χ1v) is 12.2. The van der Waals surface area contributed by atoms with Gasteiger partial charge in [-0.3, -0.25) is 4.79 Å². The number of aliphatic hydroxyl groups is 1. The molecule has 2 N–H and O–H groups in total. The molecule has 1 fully saturated rings. The number of hydrogen-bond acceptors (Lipinski definition) is 4. The molecule has 3 heterocycles. The molecule has 2 aromatic heterocycles. The van der Waals surface area contributed by atoms with Crippen LogP contribution in [-0.4, -0.2) is 44.8 Å². The predicted octanol–water partition coefficient (Wildman–Crippen LogP) is 4.79. The molecule has 0 radical (unpaired) electrons. The lowest BCUT2D eigenvalue weighted by Gasteiger charge is -2.35. The van der Waals surface area contributed by atoms with E-state index in [1.807, 2.05) is 27.0 Å². The molecule has 0 saturated carbocycles.